The van der Waals surface area contributed by atoms with Crippen LogP contribution in [0, 0.1) is 0 Å². The smallest absolute Gasteiger partial charge is 0.341 e. The molecule has 2 rings (SSSR count). The zero-order valence-electron chi connectivity index (χ0n) is 11.0. The van der Waals surface area contributed by atoms with Gasteiger partial charge in [-0.1, -0.05) is 6.92 Å². The number of hydrogen-bond acceptors (Lipinski definition) is 5. The summed E-state index contributed by atoms with van der Waals surface area (Å²) in [6, 6.07) is 0. The second kappa shape index (κ2) is 4.90. The van der Waals surface area contributed by atoms with Crippen molar-refractivity contribution in [3.05, 3.63) is 16.0 Å². The zero-order valence-corrected chi connectivity index (χ0v) is 11.9. The molecule has 0 fully saturated rings. The lowest BCUT2D eigenvalue weighted by atomic mass is 9.89. The molecule has 2 heterocycles. The third-order valence-electron chi connectivity index (χ3n) is 3.45. The van der Waals surface area contributed by atoms with Gasteiger partial charge in [0, 0.05) is 11.3 Å². The molecule has 5 heteroatoms. The maximum atomic E-state index is 12.0. The Hall–Kier alpha value is -1.07. The normalized spacial score (nSPS) is 22.6. The van der Waals surface area contributed by atoms with Crippen LogP contribution in [0.5, 0.6) is 0 Å². The van der Waals surface area contributed by atoms with Crippen molar-refractivity contribution < 1.29 is 14.3 Å². The summed E-state index contributed by atoms with van der Waals surface area (Å²) in [6.07, 6.45) is 1.63. The van der Waals surface area contributed by atoms with Gasteiger partial charge in [0.1, 0.15) is 5.00 Å². The minimum atomic E-state index is -0.312. The quantitative estimate of drug-likeness (QED) is 0.857. The highest BCUT2D eigenvalue weighted by atomic mass is 32.1. The molecule has 1 aromatic heterocycles. The number of hydrogen-bond donors (Lipinski definition) is 1. The van der Waals surface area contributed by atoms with Crippen LogP contribution in [0.25, 0.3) is 0 Å². The van der Waals surface area contributed by atoms with Crippen LogP contribution in [0.3, 0.4) is 0 Å². The van der Waals surface area contributed by atoms with Gasteiger partial charge in [-0.3, -0.25) is 0 Å². The van der Waals surface area contributed by atoms with E-state index in [9.17, 15) is 4.79 Å². The Balaban J connectivity index is 2.39. The number of carbonyl (C=O) groups is 1. The zero-order chi connectivity index (χ0) is 13.3. The van der Waals surface area contributed by atoms with Gasteiger partial charge >= 0.3 is 5.97 Å². The van der Waals surface area contributed by atoms with Gasteiger partial charge in [0.2, 0.25) is 0 Å². The van der Waals surface area contributed by atoms with Crippen LogP contribution in [0.4, 0.5) is 5.00 Å². The molecule has 0 radical (unpaired) electrons. The summed E-state index contributed by atoms with van der Waals surface area (Å²) in [4.78, 5) is 13.0. The number of fused-ring (bicyclic) bond motifs is 1. The molecule has 0 aromatic carbocycles. The lowest BCUT2D eigenvalue weighted by Gasteiger charge is -2.33. The third-order valence-corrected chi connectivity index (χ3v) is 4.48. The molecule has 100 valence electrons. The second-order valence-electron chi connectivity index (χ2n) is 4.73. The predicted octanol–water partition coefficient (Wildman–Crippen LogP) is 2.75. The minimum Gasteiger partial charge on any atom is -0.462 e. The summed E-state index contributed by atoms with van der Waals surface area (Å²) >= 11 is 1.43. The van der Waals surface area contributed by atoms with Crippen LogP contribution in [0.2, 0.25) is 0 Å². The summed E-state index contributed by atoms with van der Waals surface area (Å²) in [5.41, 5.74) is 7.31. The van der Waals surface area contributed by atoms with Crippen LogP contribution < -0.4 is 5.73 Å². The lowest BCUT2D eigenvalue weighted by molar-refractivity contribution is -0.0548. The highest BCUT2D eigenvalue weighted by Crippen LogP contribution is 2.40. The average molecular weight is 269 g/mol. The van der Waals surface area contributed by atoms with E-state index in [-0.39, 0.29) is 11.6 Å². The number of carbonyl (C=O) groups excluding carboxylic acids is 1. The lowest BCUT2D eigenvalue weighted by Crippen LogP contribution is -2.34. The van der Waals surface area contributed by atoms with Gasteiger partial charge in [0.15, 0.2) is 0 Å². The minimum absolute atomic E-state index is 0.207. The van der Waals surface area contributed by atoms with E-state index in [0.29, 0.717) is 23.8 Å². The van der Waals surface area contributed by atoms with Crippen molar-refractivity contribution in [1.82, 2.24) is 0 Å². The molecule has 2 N–H and O–H groups in total. The first-order valence-corrected chi connectivity index (χ1v) is 7.03. The Morgan fingerprint density at radius 1 is 1.56 bits per heavy atom. The monoisotopic (exact) mass is 269 g/mol. The van der Waals surface area contributed by atoms with Crippen molar-refractivity contribution in [2.45, 2.75) is 45.8 Å². The van der Waals surface area contributed by atoms with E-state index in [1.165, 1.54) is 11.3 Å². The first kappa shape index (κ1) is 13.4. The molecule has 4 nitrogen and oxygen atoms in total. The van der Waals surface area contributed by atoms with Crippen LogP contribution in [-0.4, -0.2) is 18.2 Å². The average Bonchev–Trinajstić information content (AvgIpc) is 2.64. The van der Waals surface area contributed by atoms with Crippen LogP contribution >= 0.6 is 11.3 Å². The van der Waals surface area contributed by atoms with E-state index in [4.69, 9.17) is 15.2 Å². The van der Waals surface area contributed by atoms with Gasteiger partial charge in [-0.2, -0.15) is 0 Å². The molecule has 0 spiro atoms. The molecule has 0 saturated heterocycles. The first-order chi connectivity index (χ1) is 8.50. The highest BCUT2D eigenvalue weighted by molar-refractivity contribution is 7.16. The summed E-state index contributed by atoms with van der Waals surface area (Å²) in [7, 11) is 0. The van der Waals surface area contributed by atoms with Crippen LogP contribution in [0.15, 0.2) is 0 Å². The molecule has 0 bridgehead atoms. The summed E-state index contributed by atoms with van der Waals surface area (Å²) in [6.45, 7) is 6.86. The topological polar surface area (TPSA) is 61.5 Å². The number of anilines is 1. The van der Waals surface area contributed by atoms with Gasteiger partial charge in [-0.05, 0) is 25.8 Å². The van der Waals surface area contributed by atoms with Crippen molar-refractivity contribution in [3.8, 4) is 0 Å². The molecule has 0 aliphatic carbocycles. The van der Waals surface area contributed by atoms with E-state index in [2.05, 4.69) is 13.8 Å². The predicted molar refractivity (Wildman–Crippen MR) is 71.9 cm³/mol. The fraction of sp³-hybridized carbons (Fsp3) is 0.615. The Labute approximate surface area is 111 Å². The fourth-order valence-corrected chi connectivity index (χ4v) is 3.15. The van der Waals surface area contributed by atoms with E-state index >= 15 is 0 Å². The number of esters is 1. The number of rotatable bonds is 3. The van der Waals surface area contributed by atoms with Gasteiger partial charge in [0.05, 0.1) is 24.4 Å². The summed E-state index contributed by atoms with van der Waals surface area (Å²) in [5.74, 6) is -0.312. The van der Waals surface area contributed by atoms with Gasteiger partial charge in [-0.25, -0.2) is 4.79 Å². The second-order valence-corrected chi connectivity index (χ2v) is 5.87. The molecule has 0 saturated carbocycles. The van der Waals surface area contributed by atoms with E-state index < -0.39 is 0 Å². The molecule has 1 unspecified atom stereocenters. The van der Waals surface area contributed by atoms with E-state index in [1.54, 1.807) is 6.92 Å². The van der Waals surface area contributed by atoms with E-state index in [0.717, 1.165) is 23.3 Å². The van der Waals surface area contributed by atoms with Crippen molar-refractivity contribution in [2.75, 3.05) is 12.3 Å². The fourth-order valence-electron chi connectivity index (χ4n) is 2.16. The van der Waals surface area contributed by atoms with Crippen molar-refractivity contribution in [3.63, 3.8) is 0 Å². The Bertz CT molecular complexity index is 469. The number of ether oxygens (including phenoxy) is 2. The Kier molecular flexibility index (Phi) is 3.64. The molecule has 1 aliphatic rings. The molecule has 18 heavy (non-hydrogen) atoms. The molecule has 1 aliphatic heterocycles. The summed E-state index contributed by atoms with van der Waals surface area (Å²) < 4.78 is 10.9. The standard InChI is InChI=1S/C13H19NO3S/c1-4-13(3)6-8-9(7-17-13)18-11(14)10(8)12(15)16-5-2/h4-7,14H2,1-3H3. The number of nitrogen functional groups attached to an aromatic ring is 1. The Morgan fingerprint density at radius 2 is 2.28 bits per heavy atom. The third kappa shape index (κ3) is 2.24. The van der Waals surface area contributed by atoms with Gasteiger partial charge in [0.25, 0.3) is 0 Å². The number of nitrogens with two attached hydrogens (primary N) is 1. The molecule has 1 atom stereocenters. The number of thiophene rings is 1. The van der Waals surface area contributed by atoms with E-state index in [1.807, 2.05) is 0 Å². The molecule has 1 aromatic rings. The van der Waals surface area contributed by atoms with Gasteiger partial charge in [-0.15, -0.1) is 11.3 Å². The highest BCUT2D eigenvalue weighted by Gasteiger charge is 2.35. The van der Waals surface area contributed by atoms with Crippen LogP contribution in [0.1, 0.15) is 48.0 Å². The van der Waals surface area contributed by atoms with Gasteiger partial charge < -0.3 is 15.2 Å². The maximum Gasteiger partial charge on any atom is 0.341 e. The molecule has 0 amide bonds. The Morgan fingerprint density at radius 3 is 2.89 bits per heavy atom. The molecular weight excluding hydrogens is 250 g/mol. The summed E-state index contributed by atoms with van der Waals surface area (Å²) in [5, 5.41) is 0.544. The largest absolute Gasteiger partial charge is 0.462 e. The molecular formula is C13H19NO3S. The van der Waals surface area contributed by atoms with Crippen molar-refractivity contribution in [2.24, 2.45) is 0 Å². The first-order valence-electron chi connectivity index (χ1n) is 6.22. The van der Waals surface area contributed by atoms with Crippen LogP contribution in [-0.2, 0) is 22.5 Å². The van der Waals surface area contributed by atoms with Crippen molar-refractivity contribution in [1.29, 1.82) is 0 Å². The maximum absolute atomic E-state index is 12.0. The van der Waals surface area contributed by atoms with Crippen molar-refractivity contribution >= 4 is 22.3 Å². The SMILES string of the molecule is CCOC(=O)c1c(N)sc2c1CC(C)(CC)OC2.